The Morgan fingerprint density at radius 3 is 2.24 bits per heavy atom. The lowest BCUT2D eigenvalue weighted by molar-refractivity contribution is -0.121. The number of benzene rings is 2. The van der Waals surface area contributed by atoms with Crippen molar-refractivity contribution in [2.24, 2.45) is 5.92 Å². The number of esters is 1. The minimum Gasteiger partial charge on any atom is -0.454 e. The third-order valence-electron chi connectivity index (χ3n) is 6.46. The fourth-order valence-corrected chi connectivity index (χ4v) is 4.69. The highest BCUT2D eigenvalue weighted by Crippen LogP contribution is 2.27. The summed E-state index contributed by atoms with van der Waals surface area (Å²) in [6.07, 6.45) is 4.42. The van der Waals surface area contributed by atoms with Crippen molar-refractivity contribution in [3.05, 3.63) is 64.1 Å². The Labute approximate surface area is 207 Å². The second-order valence-electron chi connectivity index (χ2n) is 9.00. The van der Waals surface area contributed by atoms with Crippen LogP contribution < -0.4 is 10.2 Å². The maximum Gasteiger partial charge on any atom is 0.338 e. The van der Waals surface area contributed by atoms with Crippen LogP contribution in [0.5, 0.6) is 0 Å². The van der Waals surface area contributed by atoms with Crippen molar-refractivity contribution in [1.29, 1.82) is 0 Å². The number of ether oxygens (including phenoxy) is 1. The monoisotopic (exact) mass is 526 g/mol. The van der Waals surface area contributed by atoms with E-state index >= 15 is 0 Å². The number of carbonyl (C=O) groups excluding carboxylic acids is 4. The molecule has 1 atom stereocenters. The molecule has 2 fully saturated rings. The lowest BCUT2D eigenvalue weighted by Crippen LogP contribution is -2.45. The van der Waals surface area contributed by atoms with Crippen LogP contribution in [0.15, 0.2) is 53.0 Å². The molecule has 34 heavy (non-hydrogen) atoms. The van der Waals surface area contributed by atoms with Crippen LogP contribution in [-0.4, -0.2) is 42.3 Å². The van der Waals surface area contributed by atoms with Crippen LogP contribution in [0.4, 0.5) is 5.69 Å². The molecule has 1 aliphatic carbocycles. The number of halogens is 1. The molecule has 0 bridgehead atoms. The van der Waals surface area contributed by atoms with Gasteiger partial charge in [0.1, 0.15) is 0 Å². The highest BCUT2D eigenvalue weighted by molar-refractivity contribution is 9.10. The molecular weight excluding hydrogens is 500 g/mol. The summed E-state index contributed by atoms with van der Waals surface area (Å²) in [6, 6.07) is 12.6. The fraction of sp³-hybridized carbons (Fsp3) is 0.385. The quantitative estimate of drug-likeness (QED) is 0.328. The first-order valence-electron chi connectivity index (χ1n) is 11.5. The van der Waals surface area contributed by atoms with E-state index in [0.717, 1.165) is 30.2 Å². The minimum atomic E-state index is -0.651. The third kappa shape index (κ3) is 5.62. The van der Waals surface area contributed by atoms with E-state index in [1.807, 2.05) is 0 Å². The molecule has 0 aromatic heterocycles. The summed E-state index contributed by atoms with van der Waals surface area (Å²) in [7, 11) is 0. The number of imide groups is 1. The molecule has 7 nitrogen and oxygen atoms in total. The van der Waals surface area contributed by atoms with Gasteiger partial charge in [-0.25, -0.2) is 9.69 Å². The Bertz CT molecular complexity index is 1080. The molecule has 1 heterocycles. The number of hydrogen-bond acceptors (Lipinski definition) is 6. The molecule has 1 aliphatic heterocycles. The second kappa shape index (κ2) is 10.6. The van der Waals surface area contributed by atoms with Gasteiger partial charge in [-0.15, -0.1) is 0 Å². The lowest BCUT2D eigenvalue weighted by atomic mass is 9.87. The summed E-state index contributed by atoms with van der Waals surface area (Å²) in [5.74, 6) is -0.778. The van der Waals surface area contributed by atoms with Gasteiger partial charge >= 0.3 is 5.97 Å². The first kappa shape index (κ1) is 24.3. The number of rotatable bonds is 7. The average molecular weight is 527 g/mol. The van der Waals surface area contributed by atoms with Crippen LogP contribution in [0.25, 0.3) is 0 Å². The topological polar surface area (TPSA) is 92.8 Å². The Morgan fingerprint density at radius 1 is 0.971 bits per heavy atom. The van der Waals surface area contributed by atoms with Gasteiger partial charge in [-0.2, -0.15) is 0 Å². The number of amides is 2. The molecule has 0 radical (unpaired) electrons. The highest BCUT2D eigenvalue weighted by atomic mass is 79.9. The smallest absolute Gasteiger partial charge is 0.338 e. The summed E-state index contributed by atoms with van der Waals surface area (Å²) in [5, 5.41) is 3.37. The number of nitrogens with one attached hydrogen (secondary N) is 1. The largest absolute Gasteiger partial charge is 0.454 e. The van der Waals surface area contributed by atoms with Gasteiger partial charge in [0.2, 0.25) is 5.91 Å². The number of Topliss-reactive ketones (excluding diaryl/α,β-unsaturated/α-hetero) is 1. The number of hydrogen-bond donors (Lipinski definition) is 1. The predicted octanol–water partition coefficient (Wildman–Crippen LogP) is 4.29. The molecule has 0 spiro atoms. The van der Waals surface area contributed by atoms with Crippen molar-refractivity contribution in [2.75, 3.05) is 11.5 Å². The van der Waals surface area contributed by atoms with E-state index in [1.165, 1.54) is 17.0 Å². The number of ketones is 1. The van der Waals surface area contributed by atoms with Gasteiger partial charge in [-0.05, 0) is 68.0 Å². The SMILES string of the molecule is CC1CCC(NC2CC(=O)N(c3ccc(C(=O)OCC(=O)c4ccc(Br)cc4)cc3)C2=O)CC1. The predicted molar refractivity (Wildman–Crippen MR) is 131 cm³/mol. The molecule has 8 heteroatoms. The van der Waals surface area contributed by atoms with Crippen LogP contribution in [0.3, 0.4) is 0 Å². The molecule has 4 rings (SSSR count). The van der Waals surface area contributed by atoms with Crippen molar-refractivity contribution in [2.45, 2.75) is 51.1 Å². The second-order valence-corrected chi connectivity index (χ2v) is 9.92. The summed E-state index contributed by atoms with van der Waals surface area (Å²) in [5.41, 5.74) is 1.10. The van der Waals surface area contributed by atoms with E-state index in [0.29, 0.717) is 17.2 Å². The van der Waals surface area contributed by atoms with E-state index in [2.05, 4.69) is 28.2 Å². The van der Waals surface area contributed by atoms with E-state index in [9.17, 15) is 19.2 Å². The van der Waals surface area contributed by atoms with Gasteiger partial charge < -0.3 is 10.1 Å². The van der Waals surface area contributed by atoms with Gasteiger partial charge in [0.15, 0.2) is 12.4 Å². The van der Waals surface area contributed by atoms with Crippen molar-refractivity contribution in [1.82, 2.24) is 5.32 Å². The molecule has 2 aliphatic rings. The lowest BCUT2D eigenvalue weighted by Gasteiger charge is -2.28. The molecular formula is C26H27BrN2O5. The fourth-order valence-electron chi connectivity index (χ4n) is 4.42. The molecule has 1 saturated heterocycles. The Kier molecular flexibility index (Phi) is 7.58. The molecule has 1 unspecified atom stereocenters. The van der Waals surface area contributed by atoms with Crippen molar-refractivity contribution >= 4 is 45.2 Å². The van der Waals surface area contributed by atoms with Crippen LogP contribution in [-0.2, 0) is 14.3 Å². The summed E-state index contributed by atoms with van der Waals surface area (Å²) >= 11 is 3.31. The zero-order valence-electron chi connectivity index (χ0n) is 19.0. The standard InChI is InChI=1S/C26H27BrN2O5/c1-16-2-10-20(11-3-16)28-22-14-24(31)29(25(22)32)21-12-6-18(7-13-21)26(33)34-15-23(30)17-4-8-19(27)9-5-17/h4-9,12-13,16,20,22,28H,2-3,10-11,14-15H2,1H3. The zero-order chi connectivity index (χ0) is 24.2. The van der Waals surface area contributed by atoms with Crippen LogP contribution in [0.1, 0.15) is 59.7 Å². The summed E-state index contributed by atoms with van der Waals surface area (Å²) in [6.45, 7) is 1.86. The minimum absolute atomic E-state index is 0.132. The van der Waals surface area contributed by atoms with Crippen molar-refractivity contribution in [3.8, 4) is 0 Å². The normalized spacial score (nSPS) is 22.6. The van der Waals surface area contributed by atoms with Gasteiger partial charge in [0.05, 0.1) is 23.7 Å². The van der Waals surface area contributed by atoms with Crippen molar-refractivity contribution in [3.63, 3.8) is 0 Å². The highest BCUT2D eigenvalue weighted by Gasteiger charge is 2.40. The third-order valence-corrected chi connectivity index (χ3v) is 6.99. The van der Waals surface area contributed by atoms with E-state index in [1.54, 1.807) is 36.4 Å². The Morgan fingerprint density at radius 2 is 1.59 bits per heavy atom. The molecule has 1 saturated carbocycles. The van der Waals surface area contributed by atoms with E-state index < -0.39 is 12.0 Å². The molecule has 2 aromatic rings. The maximum absolute atomic E-state index is 12.9. The molecule has 2 amide bonds. The van der Waals surface area contributed by atoms with Gasteiger partial charge in [0.25, 0.3) is 5.91 Å². The first-order valence-corrected chi connectivity index (χ1v) is 12.3. The number of nitrogens with zero attached hydrogens (tertiary/aromatic N) is 1. The molecule has 2 aromatic carbocycles. The van der Waals surface area contributed by atoms with E-state index in [-0.39, 0.29) is 42.2 Å². The molecule has 1 N–H and O–H groups in total. The van der Waals surface area contributed by atoms with Crippen molar-refractivity contribution < 1.29 is 23.9 Å². The Hall–Kier alpha value is -2.84. The van der Waals surface area contributed by atoms with Gasteiger partial charge in [-0.1, -0.05) is 35.0 Å². The van der Waals surface area contributed by atoms with Crippen LogP contribution in [0.2, 0.25) is 0 Å². The van der Waals surface area contributed by atoms with Gasteiger partial charge in [-0.3, -0.25) is 14.4 Å². The summed E-state index contributed by atoms with van der Waals surface area (Å²) in [4.78, 5) is 51.2. The summed E-state index contributed by atoms with van der Waals surface area (Å²) < 4.78 is 5.98. The van der Waals surface area contributed by atoms with E-state index in [4.69, 9.17) is 4.74 Å². The number of anilines is 1. The molecule has 178 valence electrons. The van der Waals surface area contributed by atoms with Gasteiger partial charge in [0, 0.05) is 16.1 Å². The Balaban J connectivity index is 1.33. The maximum atomic E-state index is 12.9. The first-order chi connectivity index (χ1) is 16.3. The average Bonchev–Trinajstić information content (AvgIpc) is 3.11. The van der Waals surface area contributed by atoms with Crippen LogP contribution in [0, 0.1) is 5.92 Å². The zero-order valence-corrected chi connectivity index (χ0v) is 20.5. The van der Waals surface area contributed by atoms with Crippen LogP contribution >= 0.6 is 15.9 Å². The number of carbonyl (C=O) groups is 4.